The molecule has 4 heteroatoms. The summed E-state index contributed by atoms with van der Waals surface area (Å²) in [7, 11) is 0. The van der Waals surface area contributed by atoms with Crippen LogP contribution < -0.4 is 10.6 Å². The Balaban J connectivity index is 1.98. The highest BCUT2D eigenvalue weighted by molar-refractivity contribution is 5.92. The van der Waals surface area contributed by atoms with Gasteiger partial charge in [0.1, 0.15) is 0 Å². The molecule has 4 nitrogen and oxygen atoms in total. The molecule has 0 unspecified atom stereocenters. The Hall–Kier alpha value is -1.84. The van der Waals surface area contributed by atoms with Gasteiger partial charge in [-0.05, 0) is 42.9 Å². The molecule has 0 aromatic heterocycles. The van der Waals surface area contributed by atoms with Gasteiger partial charge in [0.2, 0.25) is 11.8 Å². The van der Waals surface area contributed by atoms with E-state index in [4.69, 9.17) is 0 Å². The highest BCUT2D eigenvalue weighted by Gasteiger charge is 2.50. The van der Waals surface area contributed by atoms with E-state index in [1.165, 1.54) is 0 Å². The van der Waals surface area contributed by atoms with E-state index in [2.05, 4.69) is 24.5 Å². The predicted octanol–water partition coefficient (Wildman–Crippen LogP) is 3.23. The molecule has 1 aromatic rings. The number of hydrogen-bond donors (Lipinski definition) is 2. The van der Waals surface area contributed by atoms with Crippen LogP contribution in [0.3, 0.4) is 0 Å². The van der Waals surface area contributed by atoms with Crippen LogP contribution in [-0.4, -0.2) is 18.4 Å². The lowest BCUT2D eigenvalue weighted by atomic mass is 9.94. The second kappa shape index (κ2) is 6.95. The van der Waals surface area contributed by atoms with Crippen molar-refractivity contribution in [2.45, 2.75) is 51.9 Å². The number of amides is 2. The number of rotatable bonds is 7. The van der Waals surface area contributed by atoms with E-state index < -0.39 is 0 Å². The summed E-state index contributed by atoms with van der Waals surface area (Å²) in [6, 6.07) is 7.68. The lowest BCUT2D eigenvalue weighted by Gasteiger charge is -2.17. The molecular formula is C18H26N2O2. The van der Waals surface area contributed by atoms with Crippen molar-refractivity contribution in [1.82, 2.24) is 5.32 Å². The molecule has 1 fully saturated rings. The first-order valence-corrected chi connectivity index (χ1v) is 8.16. The third-order valence-corrected chi connectivity index (χ3v) is 4.23. The smallest absolute Gasteiger partial charge is 0.230 e. The maximum Gasteiger partial charge on any atom is 0.230 e. The summed E-state index contributed by atoms with van der Waals surface area (Å²) in [5.41, 5.74) is 1.49. The molecule has 0 radical (unpaired) electrons. The van der Waals surface area contributed by atoms with Gasteiger partial charge in [0.25, 0.3) is 0 Å². The van der Waals surface area contributed by atoms with Gasteiger partial charge in [-0.2, -0.15) is 0 Å². The van der Waals surface area contributed by atoms with E-state index in [-0.39, 0.29) is 17.2 Å². The van der Waals surface area contributed by atoms with E-state index in [1.54, 1.807) is 0 Å². The van der Waals surface area contributed by atoms with Crippen LogP contribution in [0.5, 0.6) is 0 Å². The van der Waals surface area contributed by atoms with Crippen molar-refractivity contribution in [2.24, 2.45) is 5.92 Å². The summed E-state index contributed by atoms with van der Waals surface area (Å²) in [4.78, 5) is 23.8. The second-order valence-electron chi connectivity index (χ2n) is 6.50. The molecule has 0 bridgehead atoms. The SMILES string of the molecule is CCC(=O)Nc1ccc(C2(C(=O)NCCC(C)C)CC2)cc1. The van der Waals surface area contributed by atoms with Crippen molar-refractivity contribution in [3.8, 4) is 0 Å². The fourth-order valence-corrected chi connectivity index (χ4v) is 2.54. The monoisotopic (exact) mass is 302 g/mol. The summed E-state index contributed by atoms with van der Waals surface area (Å²) < 4.78 is 0. The van der Waals surface area contributed by atoms with E-state index in [9.17, 15) is 9.59 Å². The Morgan fingerprint density at radius 3 is 2.32 bits per heavy atom. The van der Waals surface area contributed by atoms with E-state index in [0.717, 1.165) is 37.1 Å². The topological polar surface area (TPSA) is 58.2 Å². The molecule has 1 aliphatic rings. The maximum absolute atomic E-state index is 12.4. The van der Waals surface area contributed by atoms with Crippen molar-refractivity contribution in [1.29, 1.82) is 0 Å². The van der Waals surface area contributed by atoms with Crippen molar-refractivity contribution >= 4 is 17.5 Å². The fourth-order valence-electron chi connectivity index (χ4n) is 2.54. The van der Waals surface area contributed by atoms with Gasteiger partial charge < -0.3 is 10.6 Å². The minimum Gasteiger partial charge on any atom is -0.355 e. The highest BCUT2D eigenvalue weighted by Crippen LogP contribution is 2.48. The average molecular weight is 302 g/mol. The Kier molecular flexibility index (Phi) is 5.22. The number of nitrogens with one attached hydrogen (secondary N) is 2. The van der Waals surface area contributed by atoms with Crippen molar-refractivity contribution < 1.29 is 9.59 Å². The summed E-state index contributed by atoms with van der Waals surface area (Å²) in [6.45, 7) is 6.87. The van der Waals surface area contributed by atoms with E-state index in [1.807, 2.05) is 31.2 Å². The van der Waals surface area contributed by atoms with E-state index >= 15 is 0 Å². The van der Waals surface area contributed by atoms with Crippen LogP contribution in [0.1, 0.15) is 52.0 Å². The largest absolute Gasteiger partial charge is 0.355 e. The van der Waals surface area contributed by atoms with Gasteiger partial charge >= 0.3 is 0 Å². The quantitative estimate of drug-likeness (QED) is 0.812. The third kappa shape index (κ3) is 3.87. The van der Waals surface area contributed by atoms with Crippen LogP contribution >= 0.6 is 0 Å². The maximum atomic E-state index is 12.4. The van der Waals surface area contributed by atoms with Gasteiger partial charge in [-0.3, -0.25) is 9.59 Å². The van der Waals surface area contributed by atoms with Crippen molar-refractivity contribution in [2.75, 3.05) is 11.9 Å². The van der Waals surface area contributed by atoms with Gasteiger partial charge in [0.05, 0.1) is 5.41 Å². The Morgan fingerprint density at radius 1 is 1.18 bits per heavy atom. The number of anilines is 1. The third-order valence-electron chi connectivity index (χ3n) is 4.23. The number of hydrogen-bond acceptors (Lipinski definition) is 2. The van der Waals surface area contributed by atoms with Crippen LogP contribution in [0, 0.1) is 5.92 Å². The lowest BCUT2D eigenvalue weighted by molar-refractivity contribution is -0.123. The summed E-state index contributed by atoms with van der Waals surface area (Å²) in [5.74, 6) is 0.732. The molecule has 0 spiro atoms. The molecule has 0 atom stereocenters. The van der Waals surface area contributed by atoms with Gasteiger partial charge in [-0.15, -0.1) is 0 Å². The van der Waals surface area contributed by atoms with Crippen LogP contribution in [0.2, 0.25) is 0 Å². The first-order chi connectivity index (χ1) is 10.5. The summed E-state index contributed by atoms with van der Waals surface area (Å²) in [6.07, 6.45) is 3.27. The molecular weight excluding hydrogens is 276 g/mol. The lowest BCUT2D eigenvalue weighted by Crippen LogP contribution is -2.35. The van der Waals surface area contributed by atoms with Crippen LogP contribution in [0.15, 0.2) is 24.3 Å². The van der Waals surface area contributed by atoms with Gasteiger partial charge in [0.15, 0.2) is 0 Å². The molecule has 2 N–H and O–H groups in total. The minimum absolute atomic E-state index is 0.000290. The number of benzene rings is 1. The fraction of sp³-hybridized carbons (Fsp3) is 0.556. The molecule has 2 amide bonds. The molecule has 1 saturated carbocycles. The highest BCUT2D eigenvalue weighted by atomic mass is 16.2. The molecule has 1 aliphatic carbocycles. The van der Waals surface area contributed by atoms with Crippen molar-refractivity contribution in [3.63, 3.8) is 0 Å². The average Bonchev–Trinajstić information content (AvgIpc) is 3.29. The Bertz CT molecular complexity index is 531. The Morgan fingerprint density at radius 2 is 1.82 bits per heavy atom. The summed E-state index contributed by atoms with van der Waals surface area (Å²) >= 11 is 0. The first kappa shape index (κ1) is 16.5. The van der Waals surface area contributed by atoms with Crippen LogP contribution in [0.4, 0.5) is 5.69 Å². The zero-order chi connectivity index (χ0) is 16.2. The second-order valence-corrected chi connectivity index (χ2v) is 6.50. The van der Waals surface area contributed by atoms with Crippen LogP contribution in [-0.2, 0) is 15.0 Å². The summed E-state index contributed by atoms with van der Waals surface area (Å²) in [5, 5.41) is 5.89. The molecule has 120 valence electrons. The molecule has 0 aliphatic heterocycles. The normalized spacial score (nSPS) is 15.5. The first-order valence-electron chi connectivity index (χ1n) is 8.16. The van der Waals surface area contributed by atoms with Crippen LogP contribution in [0.25, 0.3) is 0 Å². The van der Waals surface area contributed by atoms with Gasteiger partial charge in [0, 0.05) is 18.7 Å². The molecule has 2 rings (SSSR count). The zero-order valence-electron chi connectivity index (χ0n) is 13.7. The molecule has 1 aromatic carbocycles. The zero-order valence-corrected chi connectivity index (χ0v) is 13.7. The number of carbonyl (C=O) groups is 2. The molecule has 0 heterocycles. The Labute approximate surface area is 132 Å². The van der Waals surface area contributed by atoms with Gasteiger partial charge in [-0.25, -0.2) is 0 Å². The van der Waals surface area contributed by atoms with Gasteiger partial charge in [-0.1, -0.05) is 32.9 Å². The van der Waals surface area contributed by atoms with E-state index in [0.29, 0.717) is 12.3 Å². The number of carbonyl (C=O) groups excluding carboxylic acids is 2. The standard InChI is InChI=1S/C18H26N2O2/c1-4-16(21)20-15-7-5-14(6-8-15)18(10-11-18)17(22)19-12-9-13(2)3/h5-8,13H,4,9-12H2,1-3H3,(H,19,22)(H,20,21). The molecule has 0 saturated heterocycles. The van der Waals surface area contributed by atoms with Crippen molar-refractivity contribution in [3.05, 3.63) is 29.8 Å². The predicted molar refractivity (Wildman–Crippen MR) is 88.7 cm³/mol. The molecule has 22 heavy (non-hydrogen) atoms. The minimum atomic E-state index is -0.343.